The monoisotopic (exact) mass is 681 g/mol. The first-order chi connectivity index (χ1) is 23.5. The van der Waals surface area contributed by atoms with Crippen LogP contribution in [0.5, 0.6) is 0 Å². The van der Waals surface area contributed by atoms with Crippen molar-refractivity contribution >= 4 is 11.8 Å². The molecule has 6 unspecified atom stereocenters. The van der Waals surface area contributed by atoms with Crippen LogP contribution >= 0.6 is 0 Å². The molecule has 12 heteroatoms. The number of hydrogen-bond donors (Lipinski definition) is 3. The summed E-state index contributed by atoms with van der Waals surface area (Å²) in [5.41, 5.74) is 5.12. The van der Waals surface area contributed by atoms with E-state index in [1.54, 1.807) is 0 Å². The molecule has 0 saturated carbocycles. The summed E-state index contributed by atoms with van der Waals surface area (Å²) in [7, 11) is 0. The molecule has 3 aliphatic rings. The number of rotatable bonds is 9. The van der Waals surface area contributed by atoms with Gasteiger partial charge in [-0.15, -0.1) is 0 Å². The number of carbonyl (C=O) groups excluding carboxylic acids is 2. The van der Waals surface area contributed by atoms with Gasteiger partial charge in [0.2, 0.25) is 5.91 Å². The lowest BCUT2D eigenvalue weighted by Crippen LogP contribution is -2.50. The number of aliphatic hydroxyl groups is 2. The predicted molar refractivity (Wildman–Crippen MR) is 175 cm³/mol. The average Bonchev–Trinajstić information content (AvgIpc) is 3.76. The van der Waals surface area contributed by atoms with Crippen LogP contribution in [0.2, 0.25) is 0 Å². The molecule has 3 saturated heterocycles. The summed E-state index contributed by atoms with van der Waals surface area (Å²) in [5, 5.41) is 22.4. The number of likely N-dealkylation sites (tertiary alicyclic amines) is 2. The van der Waals surface area contributed by atoms with Gasteiger partial charge in [-0.25, -0.2) is 0 Å². The van der Waals surface area contributed by atoms with E-state index in [0.29, 0.717) is 24.4 Å². The molecule has 3 N–H and O–H groups in total. The zero-order chi connectivity index (χ0) is 34.7. The summed E-state index contributed by atoms with van der Waals surface area (Å²) in [6, 6.07) is 21.9. The molecular weight excluding hydrogens is 639 g/mol. The summed E-state index contributed by atoms with van der Waals surface area (Å²) >= 11 is 0. The Bertz CT molecular complexity index is 1620. The molecule has 3 fully saturated rings. The fourth-order valence-electron chi connectivity index (χ4n) is 7.04. The van der Waals surface area contributed by atoms with E-state index in [0.717, 1.165) is 46.3 Å². The molecule has 49 heavy (non-hydrogen) atoms. The van der Waals surface area contributed by atoms with Crippen LogP contribution in [0.15, 0.2) is 72.8 Å². The Morgan fingerprint density at radius 2 is 1.65 bits per heavy atom. The van der Waals surface area contributed by atoms with Crippen LogP contribution in [0.3, 0.4) is 0 Å². The second-order valence-corrected chi connectivity index (χ2v) is 13.2. The molecule has 0 spiro atoms. The molecule has 0 aliphatic carbocycles. The van der Waals surface area contributed by atoms with Crippen molar-refractivity contribution in [2.45, 2.75) is 76.2 Å². The highest BCUT2D eigenvalue weighted by molar-refractivity contribution is 5.90. The second-order valence-electron chi connectivity index (χ2n) is 13.2. The third-order valence-corrected chi connectivity index (χ3v) is 9.75. The Balaban J connectivity index is 1.18. The zero-order valence-electron chi connectivity index (χ0n) is 27.3. The van der Waals surface area contributed by atoms with Crippen LogP contribution in [0.4, 0.5) is 13.2 Å². The topological polar surface area (TPSA) is 112 Å². The van der Waals surface area contributed by atoms with Gasteiger partial charge in [-0.2, -0.15) is 13.2 Å². The quantitative estimate of drug-likeness (QED) is 0.296. The molecule has 6 atom stereocenters. The highest BCUT2D eigenvalue weighted by Gasteiger charge is 2.47. The maximum Gasteiger partial charge on any atom is 0.471 e. The smallest absolute Gasteiger partial charge is 0.392 e. The van der Waals surface area contributed by atoms with Gasteiger partial charge in [0.1, 0.15) is 6.04 Å². The maximum atomic E-state index is 13.0. The van der Waals surface area contributed by atoms with Crippen LogP contribution < -0.4 is 5.32 Å². The van der Waals surface area contributed by atoms with Crippen molar-refractivity contribution in [2.75, 3.05) is 26.2 Å². The van der Waals surface area contributed by atoms with E-state index < -0.39 is 30.3 Å². The molecule has 6 rings (SSSR count). The van der Waals surface area contributed by atoms with Crippen LogP contribution in [0.1, 0.15) is 60.8 Å². The lowest BCUT2D eigenvalue weighted by molar-refractivity contribution is -0.276. The van der Waals surface area contributed by atoms with Gasteiger partial charge in [0.25, 0.3) is 0 Å². The first-order valence-electron chi connectivity index (χ1n) is 16.8. The number of β-amino-alcohol motifs (C(OH)–C–C–N with tert-alkyl or cyclic N) is 1. The summed E-state index contributed by atoms with van der Waals surface area (Å²) < 4.78 is 52.4. The van der Waals surface area contributed by atoms with Gasteiger partial charge >= 0.3 is 12.1 Å². The normalized spacial score (nSPS) is 26.2. The van der Waals surface area contributed by atoms with Gasteiger partial charge in [0, 0.05) is 44.2 Å². The van der Waals surface area contributed by atoms with Crippen LogP contribution in [-0.4, -0.2) is 82.4 Å². The van der Waals surface area contributed by atoms with E-state index in [-0.39, 0.29) is 50.3 Å². The molecule has 2 amide bonds. The molecule has 0 aromatic heterocycles. The molecule has 9 nitrogen and oxygen atoms in total. The summed E-state index contributed by atoms with van der Waals surface area (Å²) in [4.78, 5) is 27.5. The van der Waals surface area contributed by atoms with Gasteiger partial charge in [0.15, 0.2) is 6.29 Å². The Morgan fingerprint density at radius 3 is 2.35 bits per heavy atom. The van der Waals surface area contributed by atoms with Gasteiger partial charge < -0.3 is 29.9 Å². The molecule has 262 valence electrons. The molecule has 3 aliphatic heterocycles. The number of nitrogens with zero attached hydrogens (tertiary/aromatic N) is 2. The number of carbonyl (C=O) groups is 2. The first kappa shape index (κ1) is 35.0. The Labute approximate surface area is 283 Å². The van der Waals surface area contributed by atoms with Crippen LogP contribution in [-0.2, 0) is 32.2 Å². The number of alkyl halides is 3. The van der Waals surface area contributed by atoms with Gasteiger partial charge in [-0.3, -0.25) is 14.5 Å². The van der Waals surface area contributed by atoms with Gasteiger partial charge in [0.05, 0.1) is 24.9 Å². The van der Waals surface area contributed by atoms with Crippen molar-refractivity contribution in [1.82, 2.24) is 15.1 Å². The standard InChI is InChI=1S/C37H42F3N3O6/c1-23-32(21-42-16-14-30(45)20-42)48-35(49-33(23)26-12-10-24(22-44)11-13-26)29-8-3-7-28(18-29)27-6-2-5-25(17-27)19-41-34(46)31-9-4-15-43(31)36(47)37(38,39)40/h2-3,5-8,10-13,17-18,23,30-33,35,44-45H,4,9,14-16,19-22H2,1H3,(H,41,46). The minimum absolute atomic E-state index is 0.00642. The molecule has 0 bridgehead atoms. The van der Waals surface area contributed by atoms with E-state index in [2.05, 4.69) is 17.1 Å². The largest absolute Gasteiger partial charge is 0.471 e. The minimum Gasteiger partial charge on any atom is -0.392 e. The number of halogens is 3. The van der Waals surface area contributed by atoms with E-state index in [1.165, 1.54) is 0 Å². The maximum absolute atomic E-state index is 13.0. The fraction of sp³-hybridized carbons (Fsp3) is 0.459. The zero-order valence-corrected chi connectivity index (χ0v) is 27.3. The number of ether oxygens (including phenoxy) is 2. The fourth-order valence-corrected chi connectivity index (χ4v) is 7.04. The van der Waals surface area contributed by atoms with Crippen molar-refractivity contribution in [2.24, 2.45) is 5.92 Å². The average molecular weight is 682 g/mol. The number of benzene rings is 3. The second kappa shape index (κ2) is 15.0. The highest BCUT2D eigenvalue weighted by Crippen LogP contribution is 2.42. The van der Waals surface area contributed by atoms with Crippen LogP contribution in [0, 0.1) is 5.92 Å². The molecule has 3 heterocycles. The van der Waals surface area contributed by atoms with Gasteiger partial charge in [-0.1, -0.05) is 67.6 Å². The summed E-state index contributed by atoms with van der Waals surface area (Å²) in [6.45, 7) is 4.10. The number of amides is 2. The van der Waals surface area contributed by atoms with E-state index in [4.69, 9.17) is 9.47 Å². The van der Waals surface area contributed by atoms with Crippen molar-refractivity contribution in [1.29, 1.82) is 0 Å². The molecule has 0 radical (unpaired) electrons. The third-order valence-electron chi connectivity index (χ3n) is 9.75. The first-order valence-corrected chi connectivity index (χ1v) is 16.8. The summed E-state index contributed by atoms with van der Waals surface area (Å²) in [6.07, 6.45) is -5.25. The molecular formula is C37H42F3N3O6. The van der Waals surface area contributed by atoms with E-state index in [9.17, 15) is 33.0 Å². The molecule has 3 aromatic rings. The third kappa shape index (κ3) is 8.16. The molecule has 3 aromatic carbocycles. The van der Waals surface area contributed by atoms with E-state index >= 15 is 0 Å². The van der Waals surface area contributed by atoms with Crippen molar-refractivity contribution in [3.8, 4) is 11.1 Å². The lowest BCUT2D eigenvalue weighted by atomic mass is 9.90. The predicted octanol–water partition coefficient (Wildman–Crippen LogP) is 4.87. The van der Waals surface area contributed by atoms with Gasteiger partial charge in [-0.05, 0) is 59.2 Å². The number of aliphatic hydroxyl groups excluding tert-OH is 2. The summed E-state index contributed by atoms with van der Waals surface area (Å²) in [5.74, 6) is -2.59. The SMILES string of the molecule is CC1C(CN2CCC(O)C2)OC(c2cccc(-c3cccc(CNC(=O)C4CCCN4C(=O)C(F)(F)F)c3)c2)OC1c1ccc(CO)cc1. The van der Waals surface area contributed by atoms with Crippen molar-refractivity contribution in [3.63, 3.8) is 0 Å². The lowest BCUT2D eigenvalue weighted by Gasteiger charge is -2.42. The highest BCUT2D eigenvalue weighted by atomic mass is 19.4. The minimum atomic E-state index is -5.02. The number of hydrogen-bond acceptors (Lipinski definition) is 7. The number of nitrogens with one attached hydrogen (secondary N) is 1. The Hall–Kier alpha value is -3.81. The van der Waals surface area contributed by atoms with E-state index in [1.807, 2.05) is 72.8 Å². The Morgan fingerprint density at radius 1 is 0.918 bits per heavy atom. The Kier molecular flexibility index (Phi) is 10.7. The van der Waals surface area contributed by atoms with Crippen LogP contribution in [0.25, 0.3) is 11.1 Å². The van der Waals surface area contributed by atoms with Crippen molar-refractivity contribution in [3.05, 3.63) is 95.1 Å². The van der Waals surface area contributed by atoms with Crippen molar-refractivity contribution < 1.29 is 42.4 Å².